The monoisotopic (exact) mass is 310 g/mol. The maximum atomic E-state index is 9.14. The molecule has 0 aliphatic carbocycles. The van der Waals surface area contributed by atoms with Crippen LogP contribution in [0, 0.1) is 0 Å². The van der Waals surface area contributed by atoms with Crippen LogP contribution in [0.25, 0.3) is 0 Å². The molecule has 1 N–H and O–H groups in total. The van der Waals surface area contributed by atoms with E-state index < -0.39 is 0 Å². The number of anilines is 1. The van der Waals surface area contributed by atoms with Gasteiger partial charge in [-0.3, -0.25) is 4.90 Å². The molecule has 0 radical (unpaired) electrons. The number of para-hydroxylation sites is 1. The van der Waals surface area contributed by atoms with E-state index in [0.717, 1.165) is 31.7 Å². The van der Waals surface area contributed by atoms with Gasteiger partial charge in [0.05, 0.1) is 6.61 Å². The molecule has 23 heavy (non-hydrogen) atoms. The summed E-state index contributed by atoms with van der Waals surface area (Å²) in [5, 5.41) is 9.14. The van der Waals surface area contributed by atoms with Crippen LogP contribution in [-0.4, -0.2) is 35.2 Å². The predicted molar refractivity (Wildman–Crippen MR) is 95.5 cm³/mol. The van der Waals surface area contributed by atoms with Gasteiger partial charge in [-0.2, -0.15) is 0 Å². The Hall–Kier alpha value is -1.84. The molecule has 0 amide bonds. The van der Waals surface area contributed by atoms with Gasteiger partial charge in [-0.25, -0.2) is 0 Å². The van der Waals surface area contributed by atoms with E-state index in [4.69, 9.17) is 5.11 Å². The van der Waals surface area contributed by atoms with Crippen molar-refractivity contribution in [2.45, 2.75) is 32.5 Å². The van der Waals surface area contributed by atoms with Crippen LogP contribution in [0.1, 0.15) is 25.0 Å². The van der Waals surface area contributed by atoms with Crippen molar-refractivity contribution in [3.63, 3.8) is 0 Å². The summed E-state index contributed by atoms with van der Waals surface area (Å²) < 4.78 is 0. The van der Waals surface area contributed by atoms with Gasteiger partial charge in [-0.05, 0) is 37.1 Å². The Morgan fingerprint density at radius 1 is 0.913 bits per heavy atom. The molecule has 122 valence electrons. The minimum atomic E-state index is 0.114. The number of benzene rings is 2. The molecule has 3 nitrogen and oxygen atoms in total. The lowest BCUT2D eigenvalue weighted by Crippen LogP contribution is -2.59. The molecule has 1 aliphatic rings. The number of piperazine rings is 1. The molecule has 0 spiro atoms. The molecule has 2 aromatic rings. The van der Waals surface area contributed by atoms with Crippen LogP contribution < -0.4 is 4.90 Å². The largest absolute Gasteiger partial charge is 0.392 e. The second-order valence-corrected chi connectivity index (χ2v) is 6.98. The molecule has 2 aromatic carbocycles. The minimum Gasteiger partial charge on any atom is -0.392 e. The molecule has 1 saturated heterocycles. The Bertz CT molecular complexity index is 622. The zero-order valence-corrected chi connectivity index (χ0v) is 14.1. The zero-order chi connectivity index (χ0) is 16.3. The Balaban J connectivity index is 1.67. The maximum Gasteiger partial charge on any atom is 0.0681 e. The molecular weight excluding hydrogens is 284 g/mol. The summed E-state index contributed by atoms with van der Waals surface area (Å²) in [6.07, 6.45) is 0. The third-order valence-electron chi connectivity index (χ3n) is 4.66. The van der Waals surface area contributed by atoms with Gasteiger partial charge in [0, 0.05) is 37.4 Å². The summed E-state index contributed by atoms with van der Waals surface area (Å²) in [7, 11) is 0. The summed E-state index contributed by atoms with van der Waals surface area (Å²) >= 11 is 0. The van der Waals surface area contributed by atoms with Crippen LogP contribution in [0.15, 0.2) is 54.6 Å². The molecule has 1 aliphatic heterocycles. The van der Waals surface area contributed by atoms with Crippen LogP contribution in [0.5, 0.6) is 0 Å². The van der Waals surface area contributed by atoms with Gasteiger partial charge in [0.1, 0.15) is 0 Å². The zero-order valence-electron chi connectivity index (χ0n) is 14.1. The molecule has 0 atom stereocenters. The summed E-state index contributed by atoms with van der Waals surface area (Å²) in [6, 6.07) is 19.0. The fourth-order valence-electron chi connectivity index (χ4n) is 3.49. The van der Waals surface area contributed by atoms with E-state index >= 15 is 0 Å². The van der Waals surface area contributed by atoms with Crippen molar-refractivity contribution < 1.29 is 5.11 Å². The molecule has 1 heterocycles. The van der Waals surface area contributed by atoms with Crippen molar-refractivity contribution in [2.75, 3.05) is 24.5 Å². The SMILES string of the molecule is CC1(C)CN(Cc2ccc(CO)cc2)CCN1c1ccccc1. The number of rotatable bonds is 4. The van der Waals surface area contributed by atoms with E-state index in [1.165, 1.54) is 11.3 Å². The fourth-order valence-corrected chi connectivity index (χ4v) is 3.49. The Morgan fingerprint density at radius 2 is 1.57 bits per heavy atom. The first-order valence-electron chi connectivity index (χ1n) is 8.32. The average Bonchev–Trinajstić information content (AvgIpc) is 2.55. The smallest absolute Gasteiger partial charge is 0.0681 e. The first kappa shape index (κ1) is 16.0. The highest BCUT2D eigenvalue weighted by Gasteiger charge is 2.33. The van der Waals surface area contributed by atoms with Gasteiger partial charge < -0.3 is 10.0 Å². The van der Waals surface area contributed by atoms with Crippen LogP contribution >= 0.6 is 0 Å². The van der Waals surface area contributed by atoms with Crippen LogP contribution in [0.3, 0.4) is 0 Å². The average molecular weight is 310 g/mol. The second kappa shape index (κ2) is 6.73. The summed E-state index contributed by atoms with van der Waals surface area (Å²) in [5.41, 5.74) is 3.71. The third-order valence-corrected chi connectivity index (χ3v) is 4.66. The quantitative estimate of drug-likeness (QED) is 0.939. The molecule has 3 heteroatoms. The van der Waals surface area contributed by atoms with E-state index in [1.807, 2.05) is 12.1 Å². The Kier molecular flexibility index (Phi) is 4.69. The van der Waals surface area contributed by atoms with Gasteiger partial charge in [0.2, 0.25) is 0 Å². The van der Waals surface area contributed by atoms with E-state index in [1.54, 1.807) is 0 Å². The van der Waals surface area contributed by atoms with Crippen molar-refractivity contribution in [1.29, 1.82) is 0 Å². The van der Waals surface area contributed by atoms with Crippen molar-refractivity contribution >= 4 is 5.69 Å². The number of aliphatic hydroxyl groups is 1. The second-order valence-electron chi connectivity index (χ2n) is 6.98. The van der Waals surface area contributed by atoms with Crippen molar-refractivity contribution in [3.05, 3.63) is 65.7 Å². The van der Waals surface area contributed by atoms with E-state index in [-0.39, 0.29) is 12.1 Å². The fraction of sp³-hybridized carbons (Fsp3) is 0.400. The number of nitrogens with zero attached hydrogens (tertiary/aromatic N) is 2. The Morgan fingerprint density at radius 3 is 2.17 bits per heavy atom. The van der Waals surface area contributed by atoms with E-state index in [2.05, 4.69) is 66.1 Å². The van der Waals surface area contributed by atoms with Gasteiger partial charge in [0.15, 0.2) is 0 Å². The van der Waals surface area contributed by atoms with Gasteiger partial charge in [-0.15, -0.1) is 0 Å². The van der Waals surface area contributed by atoms with Gasteiger partial charge >= 0.3 is 0 Å². The summed E-state index contributed by atoms with van der Waals surface area (Å²) in [6.45, 7) is 8.89. The highest BCUT2D eigenvalue weighted by atomic mass is 16.3. The van der Waals surface area contributed by atoms with E-state index in [9.17, 15) is 0 Å². The highest BCUT2D eigenvalue weighted by molar-refractivity contribution is 5.49. The molecule has 0 unspecified atom stereocenters. The molecule has 3 rings (SSSR count). The van der Waals surface area contributed by atoms with Crippen molar-refractivity contribution in [2.24, 2.45) is 0 Å². The molecule has 0 aromatic heterocycles. The normalized spacial score (nSPS) is 18.1. The minimum absolute atomic E-state index is 0.114. The van der Waals surface area contributed by atoms with Crippen LogP contribution in [0.2, 0.25) is 0 Å². The molecule has 0 saturated carbocycles. The Labute approximate surface area is 139 Å². The molecular formula is C20H26N2O. The van der Waals surface area contributed by atoms with Crippen molar-refractivity contribution in [3.8, 4) is 0 Å². The summed E-state index contributed by atoms with van der Waals surface area (Å²) in [5.74, 6) is 0. The highest BCUT2D eigenvalue weighted by Crippen LogP contribution is 2.28. The number of aliphatic hydroxyl groups excluding tert-OH is 1. The van der Waals surface area contributed by atoms with Gasteiger partial charge in [-0.1, -0.05) is 42.5 Å². The van der Waals surface area contributed by atoms with Crippen LogP contribution in [0.4, 0.5) is 5.69 Å². The van der Waals surface area contributed by atoms with E-state index in [0.29, 0.717) is 0 Å². The maximum absolute atomic E-state index is 9.14. The number of hydrogen-bond donors (Lipinski definition) is 1. The molecule has 0 bridgehead atoms. The first-order chi connectivity index (χ1) is 11.1. The number of hydrogen-bond acceptors (Lipinski definition) is 3. The summed E-state index contributed by atoms with van der Waals surface area (Å²) in [4.78, 5) is 5.03. The van der Waals surface area contributed by atoms with Crippen LogP contribution in [-0.2, 0) is 13.2 Å². The lowest BCUT2D eigenvalue weighted by molar-refractivity contribution is 0.176. The standard InChI is InChI=1S/C20H26N2O/c1-20(2)16-21(14-17-8-10-18(15-23)11-9-17)12-13-22(20)19-6-4-3-5-7-19/h3-11,23H,12-16H2,1-2H3. The predicted octanol–water partition coefficient (Wildman–Crippen LogP) is 3.28. The lowest BCUT2D eigenvalue weighted by atomic mass is 9.97. The van der Waals surface area contributed by atoms with Gasteiger partial charge in [0.25, 0.3) is 0 Å². The lowest BCUT2D eigenvalue weighted by Gasteiger charge is -2.48. The first-order valence-corrected chi connectivity index (χ1v) is 8.32. The van der Waals surface area contributed by atoms with Crippen molar-refractivity contribution in [1.82, 2.24) is 4.90 Å². The third kappa shape index (κ3) is 3.74. The molecule has 1 fully saturated rings. The topological polar surface area (TPSA) is 26.7 Å².